The Kier molecular flexibility index (Phi) is 4.08. The zero-order chi connectivity index (χ0) is 13.9. The summed E-state index contributed by atoms with van der Waals surface area (Å²) in [5, 5.41) is 5.33. The number of anilines is 1. The van der Waals surface area contributed by atoms with Gasteiger partial charge in [0.25, 0.3) is 0 Å². The highest BCUT2D eigenvalue weighted by Crippen LogP contribution is 2.28. The lowest BCUT2D eigenvalue weighted by atomic mass is 9.98. The van der Waals surface area contributed by atoms with E-state index >= 15 is 0 Å². The molecule has 0 radical (unpaired) electrons. The van der Waals surface area contributed by atoms with Gasteiger partial charge in [0.15, 0.2) is 0 Å². The van der Waals surface area contributed by atoms with Gasteiger partial charge >= 0.3 is 0 Å². The van der Waals surface area contributed by atoms with E-state index in [2.05, 4.69) is 22.2 Å². The lowest BCUT2D eigenvalue weighted by molar-refractivity contribution is 0.217. The molecular weight excluding hydrogens is 270 g/mol. The van der Waals surface area contributed by atoms with Crippen molar-refractivity contribution in [2.75, 3.05) is 32.0 Å². The second-order valence-corrected chi connectivity index (χ2v) is 6.05. The first-order chi connectivity index (χ1) is 9.74. The molecule has 1 aliphatic heterocycles. The van der Waals surface area contributed by atoms with Gasteiger partial charge in [-0.25, -0.2) is 0 Å². The molecule has 2 heterocycles. The van der Waals surface area contributed by atoms with Crippen molar-refractivity contribution in [1.82, 2.24) is 9.88 Å². The molecule has 0 bridgehead atoms. The first kappa shape index (κ1) is 13.7. The molecule has 1 unspecified atom stereocenters. The average molecular weight is 290 g/mol. The predicted molar refractivity (Wildman–Crippen MR) is 85.5 cm³/mol. The highest BCUT2D eigenvalue weighted by molar-refractivity contribution is 6.35. The largest absolute Gasteiger partial charge is 0.383 e. The first-order valence-electron chi connectivity index (χ1n) is 7.19. The maximum absolute atomic E-state index is 6.22. The molecule has 106 valence electrons. The molecule has 1 aliphatic rings. The molecule has 1 fully saturated rings. The van der Waals surface area contributed by atoms with Crippen LogP contribution in [-0.4, -0.2) is 36.6 Å². The van der Waals surface area contributed by atoms with Gasteiger partial charge in [-0.1, -0.05) is 11.6 Å². The number of likely N-dealkylation sites (tertiary alicyclic amines) is 1. The maximum atomic E-state index is 6.22. The van der Waals surface area contributed by atoms with E-state index in [0.717, 1.165) is 28.2 Å². The zero-order valence-electron chi connectivity index (χ0n) is 11.8. The van der Waals surface area contributed by atoms with Crippen LogP contribution in [0.15, 0.2) is 30.5 Å². The molecule has 0 aliphatic carbocycles. The van der Waals surface area contributed by atoms with Gasteiger partial charge in [0.1, 0.15) is 0 Å². The normalized spacial score (nSPS) is 20.2. The SMILES string of the molecule is CN1CCCC(CNc2ccc(Cl)c3cccnc23)C1. The van der Waals surface area contributed by atoms with E-state index in [1.165, 1.54) is 25.9 Å². The van der Waals surface area contributed by atoms with E-state index in [4.69, 9.17) is 11.6 Å². The molecule has 3 rings (SSSR count). The van der Waals surface area contributed by atoms with Crippen LogP contribution in [-0.2, 0) is 0 Å². The number of aromatic nitrogens is 1. The molecule has 0 amide bonds. The molecule has 0 saturated carbocycles. The fraction of sp³-hybridized carbons (Fsp3) is 0.438. The third-order valence-electron chi connectivity index (χ3n) is 4.02. The minimum atomic E-state index is 0.711. The fourth-order valence-electron chi connectivity index (χ4n) is 2.97. The molecule has 0 spiro atoms. The molecule has 1 N–H and O–H groups in total. The van der Waals surface area contributed by atoms with Crippen molar-refractivity contribution in [3.05, 3.63) is 35.5 Å². The summed E-state index contributed by atoms with van der Waals surface area (Å²) in [5.41, 5.74) is 2.04. The van der Waals surface area contributed by atoms with Crippen molar-refractivity contribution in [2.45, 2.75) is 12.8 Å². The lowest BCUT2D eigenvalue weighted by Crippen LogP contribution is -2.35. The monoisotopic (exact) mass is 289 g/mol. The number of pyridine rings is 1. The van der Waals surface area contributed by atoms with E-state index in [0.29, 0.717) is 5.92 Å². The molecule has 1 atom stereocenters. The van der Waals surface area contributed by atoms with Crippen LogP contribution in [0.3, 0.4) is 0 Å². The predicted octanol–water partition coefficient (Wildman–Crippen LogP) is 3.64. The summed E-state index contributed by atoms with van der Waals surface area (Å²) in [6.07, 6.45) is 4.41. The van der Waals surface area contributed by atoms with E-state index in [1.54, 1.807) is 0 Å². The van der Waals surface area contributed by atoms with E-state index in [-0.39, 0.29) is 0 Å². The number of hydrogen-bond acceptors (Lipinski definition) is 3. The molecule has 1 aromatic heterocycles. The summed E-state index contributed by atoms with van der Waals surface area (Å²) < 4.78 is 0. The van der Waals surface area contributed by atoms with Crippen LogP contribution in [0.1, 0.15) is 12.8 Å². The fourth-order valence-corrected chi connectivity index (χ4v) is 3.19. The summed E-state index contributed by atoms with van der Waals surface area (Å²) in [7, 11) is 2.20. The third-order valence-corrected chi connectivity index (χ3v) is 4.35. The third kappa shape index (κ3) is 2.89. The Hall–Kier alpha value is -1.32. The van der Waals surface area contributed by atoms with Gasteiger partial charge in [-0.2, -0.15) is 0 Å². The van der Waals surface area contributed by atoms with Crippen LogP contribution >= 0.6 is 11.6 Å². The molecule has 4 heteroatoms. The summed E-state index contributed by atoms with van der Waals surface area (Å²) in [5.74, 6) is 0.711. The van der Waals surface area contributed by atoms with Crippen LogP contribution < -0.4 is 5.32 Å². The van der Waals surface area contributed by atoms with Gasteiger partial charge < -0.3 is 10.2 Å². The summed E-state index contributed by atoms with van der Waals surface area (Å²) >= 11 is 6.22. The Balaban J connectivity index is 1.76. The Bertz CT molecular complexity index is 599. The van der Waals surface area contributed by atoms with E-state index in [9.17, 15) is 0 Å². The lowest BCUT2D eigenvalue weighted by Gasteiger charge is -2.30. The summed E-state index contributed by atoms with van der Waals surface area (Å²) in [4.78, 5) is 6.87. The van der Waals surface area contributed by atoms with Crippen LogP contribution in [0.2, 0.25) is 5.02 Å². The van der Waals surface area contributed by atoms with Crippen molar-refractivity contribution >= 4 is 28.2 Å². The van der Waals surface area contributed by atoms with Crippen molar-refractivity contribution < 1.29 is 0 Å². The topological polar surface area (TPSA) is 28.2 Å². The Morgan fingerprint density at radius 1 is 1.40 bits per heavy atom. The number of halogens is 1. The quantitative estimate of drug-likeness (QED) is 0.935. The minimum Gasteiger partial charge on any atom is -0.383 e. The van der Waals surface area contributed by atoms with Gasteiger partial charge in [0.05, 0.1) is 16.2 Å². The average Bonchev–Trinajstić information content (AvgIpc) is 2.47. The van der Waals surface area contributed by atoms with Crippen LogP contribution in [0.5, 0.6) is 0 Å². The standard InChI is InChI=1S/C16H20ClN3/c1-20-9-3-4-12(11-20)10-19-15-7-6-14(17)13-5-2-8-18-16(13)15/h2,5-8,12,19H,3-4,9-11H2,1H3. The number of nitrogens with one attached hydrogen (secondary N) is 1. The molecule has 3 nitrogen and oxygen atoms in total. The number of fused-ring (bicyclic) bond motifs is 1. The molecule has 1 saturated heterocycles. The number of nitrogens with zero attached hydrogens (tertiary/aromatic N) is 2. The van der Waals surface area contributed by atoms with Gasteiger partial charge in [-0.15, -0.1) is 0 Å². The Morgan fingerprint density at radius 2 is 2.30 bits per heavy atom. The summed E-state index contributed by atoms with van der Waals surface area (Å²) in [6.45, 7) is 3.39. The Labute approximate surface area is 124 Å². The molecule has 1 aromatic carbocycles. The first-order valence-corrected chi connectivity index (χ1v) is 7.57. The minimum absolute atomic E-state index is 0.711. The number of benzene rings is 1. The van der Waals surface area contributed by atoms with Gasteiger partial charge in [-0.3, -0.25) is 4.98 Å². The van der Waals surface area contributed by atoms with Crippen LogP contribution in [0.4, 0.5) is 5.69 Å². The van der Waals surface area contributed by atoms with Gasteiger partial charge in [0, 0.05) is 24.7 Å². The van der Waals surface area contributed by atoms with Crippen molar-refractivity contribution in [3.8, 4) is 0 Å². The van der Waals surface area contributed by atoms with Gasteiger partial charge in [-0.05, 0) is 56.6 Å². The molecule has 2 aromatic rings. The van der Waals surface area contributed by atoms with Crippen molar-refractivity contribution in [1.29, 1.82) is 0 Å². The van der Waals surface area contributed by atoms with Crippen LogP contribution in [0.25, 0.3) is 10.9 Å². The van der Waals surface area contributed by atoms with Crippen LogP contribution in [0, 0.1) is 5.92 Å². The van der Waals surface area contributed by atoms with Crippen molar-refractivity contribution in [2.24, 2.45) is 5.92 Å². The second-order valence-electron chi connectivity index (χ2n) is 5.65. The molecular formula is C16H20ClN3. The van der Waals surface area contributed by atoms with E-state index < -0.39 is 0 Å². The smallest absolute Gasteiger partial charge is 0.0948 e. The highest BCUT2D eigenvalue weighted by atomic mass is 35.5. The van der Waals surface area contributed by atoms with Gasteiger partial charge in [0.2, 0.25) is 0 Å². The van der Waals surface area contributed by atoms with Crippen molar-refractivity contribution in [3.63, 3.8) is 0 Å². The highest BCUT2D eigenvalue weighted by Gasteiger charge is 2.17. The Morgan fingerprint density at radius 3 is 3.15 bits per heavy atom. The summed E-state index contributed by atoms with van der Waals surface area (Å²) in [6, 6.07) is 7.92. The maximum Gasteiger partial charge on any atom is 0.0948 e. The molecule has 20 heavy (non-hydrogen) atoms. The number of hydrogen-bond donors (Lipinski definition) is 1. The zero-order valence-corrected chi connectivity index (χ0v) is 12.5. The van der Waals surface area contributed by atoms with E-state index in [1.807, 2.05) is 30.5 Å². The number of piperidine rings is 1. The second kappa shape index (κ2) is 5.98. The number of rotatable bonds is 3.